The normalized spacial score (nSPS) is 14.9. The smallest absolute Gasteiger partial charge is 0.252 e. The zero-order valence-electron chi connectivity index (χ0n) is 18.6. The molecule has 1 aliphatic rings. The van der Waals surface area contributed by atoms with Crippen LogP contribution in [-0.2, 0) is 0 Å². The molecular weight excluding hydrogens is 384 g/mol. The lowest BCUT2D eigenvalue weighted by atomic mass is 10.0. The largest absolute Gasteiger partial charge is 0.369 e. The van der Waals surface area contributed by atoms with Crippen LogP contribution in [0.25, 0.3) is 10.9 Å². The first kappa shape index (κ1) is 21.3. The topological polar surface area (TPSA) is 48.5 Å². The number of rotatable bonds is 7. The van der Waals surface area contributed by atoms with Gasteiger partial charge in [0.25, 0.3) is 5.91 Å². The third-order valence-electron chi connectivity index (χ3n) is 6.00. The van der Waals surface area contributed by atoms with Crippen LogP contribution in [0.15, 0.2) is 60.7 Å². The van der Waals surface area contributed by atoms with Gasteiger partial charge in [0.05, 0.1) is 11.1 Å². The van der Waals surface area contributed by atoms with Crippen LogP contribution in [0.2, 0.25) is 0 Å². The van der Waals surface area contributed by atoms with Crippen LogP contribution < -0.4 is 10.2 Å². The minimum atomic E-state index is -0.00519. The summed E-state index contributed by atoms with van der Waals surface area (Å²) in [5.74, 6) is 0.278. The van der Waals surface area contributed by atoms with Crippen molar-refractivity contribution in [3.63, 3.8) is 0 Å². The van der Waals surface area contributed by atoms with E-state index in [-0.39, 0.29) is 11.8 Å². The fraction of sp³-hybridized carbons (Fsp3) is 0.385. The number of hydrogen-bond donors (Lipinski definition) is 1. The molecule has 0 bridgehead atoms. The number of benzene rings is 2. The van der Waals surface area contributed by atoms with Crippen molar-refractivity contribution in [2.24, 2.45) is 0 Å². The molecule has 2 aromatic carbocycles. The molecule has 4 rings (SSSR count). The summed E-state index contributed by atoms with van der Waals surface area (Å²) in [6.07, 6.45) is 0.955. The lowest BCUT2D eigenvalue weighted by Gasteiger charge is -2.36. The minimum absolute atomic E-state index is 0.00519. The zero-order valence-corrected chi connectivity index (χ0v) is 18.6. The van der Waals surface area contributed by atoms with Gasteiger partial charge in [-0.25, -0.2) is 0 Å². The lowest BCUT2D eigenvalue weighted by Crippen LogP contribution is -2.47. The molecule has 31 heavy (non-hydrogen) atoms. The number of pyridine rings is 1. The third kappa shape index (κ3) is 5.23. The van der Waals surface area contributed by atoms with Crippen LogP contribution in [-0.4, -0.2) is 55.1 Å². The molecular formula is C26H32N4O. The molecule has 1 aromatic heterocycles. The quantitative estimate of drug-likeness (QED) is 0.584. The van der Waals surface area contributed by atoms with Crippen LogP contribution in [0.5, 0.6) is 0 Å². The number of aromatic nitrogens is 1. The van der Waals surface area contributed by atoms with Crippen molar-refractivity contribution in [1.82, 2.24) is 15.2 Å². The van der Waals surface area contributed by atoms with Gasteiger partial charge in [-0.1, -0.05) is 50.2 Å². The van der Waals surface area contributed by atoms with Crippen molar-refractivity contribution in [1.29, 1.82) is 0 Å². The predicted molar refractivity (Wildman–Crippen MR) is 128 cm³/mol. The number of piperazine rings is 1. The van der Waals surface area contributed by atoms with E-state index in [4.69, 9.17) is 4.98 Å². The number of nitrogens with zero attached hydrogens (tertiary/aromatic N) is 3. The number of carbonyl (C=O) groups is 1. The highest BCUT2D eigenvalue weighted by atomic mass is 16.1. The number of hydrogen-bond acceptors (Lipinski definition) is 4. The van der Waals surface area contributed by atoms with Crippen molar-refractivity contribution in [3.05, 3.63) is 71.9 Å². The maximum Gasteiger partial charge on any atom is 0.252 e. The standard InChI is InChI=1S/C26H32N4O/c1-20(2)25-19-23(22-11-6-7-12-24(22)28-25)26(31)27-13-8-14-29-15-17-30(18-16-29)21-9-4-3-5-10-21/h3-7,9-12,19-20H,8,13-18H2,1-2H3,(H,27,31). The maximum absolute atomic E-state index is 12.9. The molecule has 1 N–H and O–H groups in total. The second-order valence-electron chi connectivity index (χ2n) is 8.54. The molecule has 0 atom stereocenters. The molecule has 0 radical (unpaired) electrons. The molecule has 1 aliphatic heterocycles. The molecule has 2 heterocycles. The SMILES string of the molecule is CC(C)c1cc(C(=O)NCCCN2CCN(c3ccccc3)CC2)c2ccccc2n1. The zero-order chi connectivity index (χ0) is 21.6. The van der Waals surface area contributed by atoms with Crippen LogP contribution >= 0.6 is 0 Å². The Balaban J connectivity index is 1.28. The van der Waals surface area contributed by atoms with Crippen LogP contribution in [0.4, 0.5) is 5.69 Å². The summed E-state index contributed by atoms with van der Waals surface area (Å²) in [6, 6.07) is 20.5. The van der Waals surface area contributed by atoms with E-state index in [2.05, 4.69) is 59.3 Å². The van der Waals surface area contributed by atoms with Gasteiger partial charge in [0.2, 0.25) is 0 Å². The minimum Gasteiger partial charge on any atom is -0.369 e. The first-order chi connectivity index (χ1) is 15.1. The predicted octanol–water partition coefficient (Wildman–Crippen LogP) is 4.30. The second-order valence-corrected chi connectivity index (χ2v) is 8.54. The highest BCUT2D eigenvalue weighted by Crippen LogP contribution is 2.22. The molecule has 0 aliphatic carbocycles. The summed E-state index contributed by atoms with van der Waals surface area (Å²) in [7, 11) is 0. The van der Waals surface area contributed by atoms with Gasteiger partial charge in [0.15, 0.2) is 0 Å². The molecule has 5 heteroatoms. The lowest BCUT2D eigenvalue weighted by molar-refractivity contribution is 0.0953. The van der Waals surface area contributed by atoms with Crippen molar-refractivity contribution < 1.29 is 4.79 Å². The Morgan fingerprint density at radius 3 is 2.45 bits per heavy atom. The van der Waals surface area contributed by atoms with E-state index >= 15 is 0 Å². The monoisotopic (exact) mass is 416 g/mol. The third-order valence-corrected chi connectivity index (χ3v) is 6.00. The number of carbonyl (C=O) groups excluding carboxylic acids is 1. The summed E-state index contributed by atoms with van der Waals surface area (Å²) in [6.45, 7) is 10.1. The van der Waals surface area contributed by atoms with E-state index < -0.39 is 0 Å². The van der Waals surface area contributed by atoms with E-state index in [1.807, 2.05) is 30.3 Å². The number of nitrogens with one attached hydrogen (secondary N) is 1. The first-order valence-electron chi connectivity index (χ1n) is 11.3. The fourth-order valence-electron chi connectivity index (χ4n) is 4.15. The highest BCUT2D eigenvalue weighted by Gasteiger charge is 2.17. The summed E-state index contributed by atoms with van der Waals surface area (Å²) in [5.41, 5.74) is 3.88. The van der Waals surface area contributed by atoms with Crippen molar-refractivity contribution in [2.45, 2.75) is 26.2 Å². The Labute approximate surface area is 185 Å². The van der Waals surface area contributed by atoms with E-state index in [1.165, 1.54) is 5.69 Å². The van der Waals surface area contributed by atoms with Gasteiger partial charge in [-0.2, -0.15) is 0 Å². The summed E-state index contributed by atoms with van der Waals surface area (Å²) in [4.78, 5) is 22.6. The average molecular weight is 417 g/mol. The van der Waals surface area contributed by atoms with E-state index in [9.17, 15) is 4.79 Å². The molecule has 5 nitrogen and oxygen atoms in total. The van der Waals surface area contributed by atoms with Crippen LogP contribution in [0.3, 0.4) is 0 Å². The Morgan fingerprint density at radius 1 is 1.00 bits per heavy atom. The summed E-state index contributed by atoms with van der Waals surface area (Å²) >= 11 is 0. The van der Waals surface area contributed by atoms with Crippen molar-refractivity contribution in [2.75, 3.05) is 44.2 Å². The molecule has 0 saturated carbocycles. The molecule has 1 fully saturated rings. The Bertz CT molecular complexity index is 1010. The molecule has 0 spiro atoms. The van der Waals surface area contributed by atoms with Crippen molar-refractivity contribution in [3.8, 4) is 0 Å². The summed E-state index contributed by atoms with van der Waals surface area (Å²) < 4.78 is 0. The van der Waals surface area contributed by atoms with Gasteiger partial charge >= 0.3 is 0 Å². The maximum atomic E-state index is 12.9. The van der Waals surface area contributed by atoms with Gasteiger partial charge < -0.3 is 10.2 Å². The van der Waals surface area contributed by atoms with E-state index in [0.717, 1.165) is 61.3 Å². The van der Waals surface area contributed by atoms with E-state index in [1.54, 1.807) is 0 Å². The van der Waals surface area contributed by atoms with Crippen LogP contribution in [0.1, 0.15) is 42.2 Å². The van der Waals surface area contributed by atoms with Crippen molar-refractivity contribution >= 4 is 22.5 Å². The van der Waals surface area contributed by atoms with Gasteiger partial charge in [0, 0.05) is 49.5 Å². The molecule has 3 aromatic rings. The average Bonchev–Trinajstić information content (AvgIpc) is 2.82. The first-order valence-corrected chi connectivity index (χ1v) is 11.3. The Kier molecular flexibility index (Phi) is 6.82. The Morgan fingerprint density at radius 2 is 1.71 bits per heavy atom. The van der Waals surface area contributed by atoms with Gasteiger partial charge in [-0.15, -0.1) is 0 Å². The highest BCUT2D eigenvalue weighted by molar-refractivity contribution is 6.06. The summed E-state index contributed by atoms with van der Waals surface area (Å²) in [5, 5.41) is 4.05. The molecule has 1 amide bonds. The molecule has 162 valence electrons. The number of para-hydroxylation sites is 2. The molecule has 0 unspecified atom stereocenters. The number of fused-ring (bicyclic) bond motifs is 1. The number of anilines is 1. The second kappa shape index (κ2) is 9.92. The van der Waals surface area contributed by atoms with Gasteiger partial charge in [-0.3, -0.25) is 14.7 Å². The number of amides is 1. The van der Waals surface area contributed by atoms with Gasteiger partial charge in [-0.05, 0) is 43.1 Å². The van der Waals surface area contributed by atoms with E-state index in [0.29, 0.717) is 6.54 Å². The Hall–Kier alpha value is -2.92. The fourth-order valence-corrected chi connectivity index (χ4v) is 4.15. The van der Waals surface area contributed by atoms with Gasteiger partial charge in [0.1, 0.15) is 0 Å². The van der Waals surface area contributed by atoms with Crippen LogP contribution in [0, 0.1) is 0 Å². The molecule has 1 saturated heterocycles.